The summed E-state index contributed by atoms with van der Waals surface area (Å²) in [4.78, 5) is 2.09. The first-order valence-electron chi connectivity index (χ1n) is 8.28. The smallest absolute Gasteiger partial charge is 0.240 e. The molecule has 3 rings (SSSR count). The van der Waals surface area contributed by atoms with Crippen LogP contribution in [-0.2, 0) is 16.6 Å². The summed E-state index contributed by atoms with van der Waals surface area (Å²) in [5.74, 6) is -0.819. The number of piperidine rings is 1. The fourth-order valence-corrected chi connectivity index (χ4v) is 4.54. The molecule has 0 radical (unpaired) electrons. The molecule has 4 nitrogen and oxygen atoms in total. The Bertz CT molecular complexity index is 847. The minimum atomic E-state index is -3.68. The minimum absolute atomic E-state index is 0.0412. The van der Waals surface area contributed by atoms with Crippen molar-refractivity contribution in [2.45, 2.75) is 30.3 Å². The van der Waals surface area contributed by atoms with Crippen LogP contribution in [-0.4, -0.2) is 32.4 Å². The molecule has 1 fully saturated rings. The number of hydrogen-bond donors (Lipinski definition) is 1. The Morgan fingerprint density at radius 2 is 1.73 bits per heavy atom. The number of sulfonamides is 1. The average molecular weight is 401 g/mol. The van der Waals surface area contributed by atoms with E-state index >= 15 is 0 Å². The average Bonchev–Trinajstić information content (AvgIpc) is 2.60. The van der Waals surface area contributed by atoms with Gasteiger partial charge in [-0.05, 0) is 49.2 Å². The molecular weight excluding hydrogens is 382 g/mol. The van der Waals surface area contributed by atoms with Gasteiger partial charge in [0, 0.05) is 36.3 Å². The Kier molecular flexibility index (Phi) is 5.92. The first-order valence-corrected chi connectivity index (χ1v) is 10.1. The third-order valence-electron chi connectivity index (χ3n) is 4.48. The molecule has 26 heavy (non-hydrogen) atoms. The van der Waals surface area contributed by atoms with Crippen molar-refractivity contribution in [2.75, 3.05) is 13.1 Å². The van der Waals surface area contributed by atoms with Gasteiger partial charge in [0.1, 0.15) is 11.6 Å². The summed E-state index contributed by atoms with van der Waals surface area (Å²) in [6.45, 7) is 1.64. The molecular formula is C18H19ClF2N2O2S. The Morgan fingerprint density at radius 3 is 2.35 bits per heavy atom. The monoisotopic (exact) mass is 400 g/mol. The molecule has 8 heteroatoms. The SMILES string of the molecule is O=S(=O)(NC1CCN(Cc2c(F)cccc2Cl)CC1)c1ccc(F)cc1. The van der Waals surface area contributed by atoms with Crippen LogP contribution >= 0.6 is 11.6 Å². The first kappa shape index (κ1) is 19.2. The number of rotatable bonds is 5. The summed E-state index contributed by atoms with van der Waals surface area (Å²) in [6, 6.07) is 9.12. The van der Waals surface area contributed by atoms with Gasteiger partial charge in [-0.25, -0.2) is 21.9 Å². The Morgan fingerprint density at radius 1 is 1.08 bits per heavy atom. The molecule has 0 aromatic heterocycles. The van der Waals surface area contributed by atoms with E-state index < -0.39 is 15.8 Å². The lowest BCUT2D eigenvalue weighted by Gasteiger charge is -2.32. The number of hydrogen-bond acceptors (Lipinski definition) is 3. The number of nitrogens with one attached hydrogen (secondary N) is 1. The van der Waals surface area contributed by atoms with Gasteiger partial charge in [0.25, 0.3) is 0 Å². The van der Waals surface area contributed by atoms with E-state index in [1.165, 1.54) is 18.2 Å². The molecule has 0 amide bonds. The molecule has 1 aliphatic rings. The fraction of sp³-hybridized carbons (Fsp3) is 0.333. The van der Waals surface area contributed by atoms with Gasteiger partial charge in [-0.2, -0.15) is 0 Å². The van der Waals surface area contributed by atoms with Crippen molar-refractivity contribution < 1.29 is 17.2 Å². The largest absolute Gasteiger partial charge is 0.299 e. The third-order valence-corrected chi connectivity index (χ3v) is 6.37. The number of likely N-dealkylation sites (tertiary alicyclic amines) is 1. The maximum absolute atomic E-state index is 13.9. The molecule has 0 unspecified atom stereocenters. The molecule has 0 bridgehead atoms. The normalized spacial score (nSPS) is 16.7. The van der Waals surface area contributed by atoms with Crippen molar-refractivity contribution in [2.24, 2.45) is 0 Å². The van der Waals surface area contributed by atoms with Gasteiger partial charge in [0.05, 0.1) is 4.90 Å². The molecule has 1 heterocycles. The molecule has 0 saturated carbocycles. The van der Waals surface area contributed by atoms with Crippen LogP contribution < -0.4 is 4.72 Å². The minimum Gasteiger partial charge on any atom is -0.299 e. The van der Waals surface area contributed by atoms with Gasteiger partial charge < -0.3 is 0 Å². The standard InChI is InChI=1S/C18H19ClF2N2O2S/c19-17-2-1-3-18(21)16(17)12-23-10-8-14(9-11-23)22-26(24,25)15-6-4-13(20)5-7-15/h1-7,14,22H,8-12H2. The van der Waals surface area contributed by atoms with E-state index in [0.717, 1.165) is 12.1 Å². The second kappa shape index (κ2) is 8.00. The Hall–Kier alpha value is -1.54. The highest BCUT2D eigenvalue weighted by molar-refractivity contribution is 7.89. The van der Waals surface area contributed by atoms with E-state index in [9.17, 15) is 17.2 Å². The summed E-state index contributed by atoms with van der Waals surface area (Å²) in [6.07, 6.45) is 1.21. The van der Waals surface area contributed by atoms with Crippen LogP contribution in [0.25, 0.3) is 0 Å². The van der Waals surface area contributed by atoms with Crippen LogP contribution in [0.15, 0.2) is 47.4 Å². The zero-order chi connectivity index (χ0) is 18.7. The van der Waals surface area contributed by atoms with Gasteiger partial charge >= 0.3 is 0 Å². The lowest BCUT2D eigenvalue weighted by Crippen LogP contribution is -2.44. The highest BCUT2D eigenvalue weighted by Gasteiger charge is 2.25. The number of halogens is 3. The van der Waals surface area contributed by atoms with Gasteiger partial charge in [0.15, 0.2) is 0 Å². The van der Waals surface area contributed by atoms with Crippen molar-refractivity contribution in [1.29, 1.82) is 0 Å². The molecule has 1 saturated heterocycles. The van der Waals surface area contributed by atoms with Crippen molar-refractivity contribution in [1.82, 2.24) is 9.62 Å². The molecule has 0 aliphatic carbocycles. The molecule has 1 N–H and O–H groups in total. The fourth-order valence-electron chi connectivity index (χ4n) is 3.02. The maximum atomic E-state index is 13.9. The predicted molar refractivity (Wildman–Crippen MR) is 96.4 cm³/mol. The van der Waals surface area contributed by atoms with Gasteiger partial charge in [0.2, 0.25) is 10.0 Å². The molecule has 2 aromatic carbocycles. The van der Waals surface area contributed by atoms with Gasteiger partial charge in [-0.1, -0.05) is 17.7 Å². The van der Waals surface area contributed by atoms with Crippen molar-refractivity contribution in [3.05, 3.63) is 64.7 Å². The highest BCUT2D eigenvalue weighted by Crippen LogP contribution is 2.23. The van der Waals surface area contributed by atoms with Crippen LogP contribution in [0, 0.1) is 11.6 Å². The van der Waals surface area contributed by atoms with E-state index in [1.54, 1.807) is 12.1 Å². The third kappa shape index (κ3) is 4.59. The molecule has 2 aromatic rings. The summed E-state index contributed by atoms with van der Waals surface area (Å²) in [5.41, 5.74) is 0.458. The van der Waals surface area contributed by atoms with E-state index in [1.807, 2.05) is 4.90 Å². The van der Waals surface area contributed by atoms with Crippen LogP contribution in [0.1, 0.15) is 18.4 Å². The lowest BCUT2D eigenvalue weighted by molar-refractivity contribution is 0.198. The van der Waals surface area contributed by atoms with E-state index in [-0.39, 0.29) is 16.8 Å². The quantitative estimate of drug-likeness (QED) is 0.834. The van der Waals surface area contributed by atoms with E-state index in [4.69, 9.17) is 11.6 Å². The van der Waals surface area contributed by atoms with Crippen LogP contribution in [0.3, 0.4) is 0 Å². The number of nitrogens with zero attached hydrogens (tertiary/aromatic N) is 1. The summed E-state index contributed by atoms with van der Waals surface area (Å²) in [5, 5.41) is 0.393. The van der Waals surface area contributed by atoms with Crippen molar-refractivity contribution in [3.63, 3.8) is 0 Å². The predicted octanol–water partition coefficient (Wildman–Crippen LogP) is 3.56. The Labute approximate surface area is 156 Å². The van der Waals surface area contributed by atoms with Gasteiger partial charge in [-0.3, -0.25) is 4.90 Å². The summed E-state index contributed by atoms with van der Waals surface area (Å²) < 4.78 is 54.2. The lowest BCUT2D eigenvalue weighted by atomic mass is 10.1. The van der Waals surface area contributed by atoms with Crippen molar-refractivity contribution in [3.8, 4) is 0 Å². The second-order valence-electron chi connectivity index (χ2n) is 6.33. The topological polar surface area (TPSA) is 49.4 Å². The van der Waals surface area contributed by atoms with Crippen LogP contribution in [0.5, 0.6) is 0 Å². The molecule has 0 spiro atoms. The van der Waals surface area contributed by atoms with Gasteiger partial charge in [-0.15, -0.1) is 0 Å². The Balaban J connectivity index is 1.58. The highest BCUT2D eigenvalue weighted by atomic mass is 35.5. The summed E-state index contributed by atoms with van der Waals surface area (Å²) in [7, 11) is -3.68. The maximum Gasteiger partial charge on any atom is 0.240 e. The second-order valence-corrected chi connectivity index (χ2v) is 8.45. The van der Waals surface area contributed by atoms with Crippen LogP contribution in [0.2, 0.25) is 5.02 Å². The molecule has 1 aliphatic heterocycles. The first-order chi connectivity index (χ1) is 12.3. The zero-order valence-electron chi connectivity index (χ0n) is 14.0. The van der Waals surface area contributed by atoms with Crippen molar-refractivity contribution >= 4 is 21.6 Å². The zero-order valence-corrected chi connectivity index (χ0v) is 15.5. The number of benzene rings is 2. The molecule has 140 valence electrons. The molecule has 0 atom stereocenters. The van der Waals surface area contributed by atoms with Crippen LogP contribution in [0.4, 0.5) is 8.78 Å². The summed E-state index contributed by atoms with van der Waals surface area (Å²) >= 11 is 6.06. The van der Waals surface area contributed by atoms with E-state index in [2.05, 4.69) is 4.72 Å². The van der Waals surface area contributed by atoms with E-state index in [0.29, 0.717) is 43.1 Å².